The SMILES string of the molecule is CNC(Cc1cccc(F)c1Cl)c1cc(Cl)ccc1Cl. The summed E-state index contributed by atoms with van der Waals surface area (Å²) in [6.45, 7) is 0. The van der Waals surface area contributed by atoms with Crippen LogP contribution in [0.15, 0.2) is 36.4 Å². The van der Waals surface area contributed by atoms with E-state index in [0.29, 0.717) is 16.5 Å². The van der Waals surface area contributed by atoms with Crippen molar-refractivity contribution in [3.63, 3.8) is 0 Å². The molecule has 0 aromatic heterocycles. The summed E-state index contributed by atoms with van der Waals surface area (Å²) in [4.78, 5) is 0. The van der Waals surface area contributed by atoms with Gasteiger partial charge in [0.15, 0.2) is 0 Å². The van der Waals surface area contributed by atoms with Crippen molar-refractivity contribution in [3.8, 4) is 0 Å². The zero-order valence-electron chi connectivity index (χ0n) is 10.8. The molecular weight excluding hydrogens is 320 g/mol. The maximum absolute atomic E-state index is 13.5. The fraction of sp³-hybridized carbons (Fsp3) is 0.200. The third-order valence-corrected chi connectivity index (χ3v) is 4.14. The van der Waals surface area contributed by atoms with Crippen LogP contribution in [0.5, 0.6) is 0 Å². The van der Waals surface area contributed by atoms with Crippen LogP contribution in [0.25, 0.3) is 0 Å². The number of hydrogen-bond donors (Lipinski definition) is 1. The molecule has 0 spiro atoms. The van der Waals surface area contributed by atoms with Crippen LogP contribution in [0, 0.1) is 5.82 Å². The second kappa shape index (κ2) is 6.77. The van der Waals surface area contributed by atoms with E-state index < -0.39 is 5.82 Å². The van der Waals surface area contributed by atoms with E-state index >= 15 is 0 Å². The lowest BCUT2D eigenvalue weighted by atomic mass is 9.99. The molecule has 0 saturated heterocycles. The number of benzene rings is 2. The van der Waals surface area contributed by atoms with Gasteiger partial charge in [-0.15, -0.1) is 0 Å². The average Bonchev–Trinajstić information content (AvgIpc) is 2.43. The van der Waals surface area contributed by atoms with Gasteiger partial charge in [-0.25, -0.2) is 4.39 Å². The highest BCUT2D eigenvalue weighted by Gasteiger charge is 2.16. The molecule has 0 aliphatic heterocycles. The van der Waals surface area contributed by atoms with Gasteiger partial charge in [-0.05, 0) is 48.9 Å². The number of hydrogen-bond acceptors (Lipinski definition) is 1. The molecular formula is C15H13Cl3FN. The van der Waals surface area contributed by atoms with E-state index in [1.165, 1.54) is 6.07 Å². The smallest absolute Gasteiger partial charge is 0.142 e. The van der Waals surface area contributed by atoms with Gasteiger partial charge in [-0.1, -0.05) is 46.9 Å². The lowest BCUT2D eigenvalue weighted by Crippen LogP contribution is -2.19. The second-order valence-corrected chi connectivity index (χ2v) is 5.65. The normalized spacial score (nSPS) is 12.4. The van der Waals surface area contributed by atoms with Gasteiger partial charge in [0, 0.05) is 16.1 Å². The molecule has 0 amide bonds. The molecule has 2 aromatic carbocycles. The molecule has 1 N–H and O–H groups in total. The van der Waals surface area contributed by atoms with E-state index in [-0.39, 0.29) is 11.1 Å². The van der Waals surface area contributed by atoms with Crippen molar-refractivity contribution in [2.45, 2.75) is 12.5 Å². The largest absolute Gasteiger partial charge is 0.313 e. The first kappa shape index (κ1) is 15.6. The van der Waals surface area contributed by atoms with Gasteiger partial charge in [0.1, 0.15) is 5.82 Å². The first-order valence-electron chi connectivity index (χ1n) is 6.08. The Morgan fingerprint density at radius 3 is 2.60 bits per heavy atom. The predicted octanol–water partition coefficient (Wildman–Crippen LogP) is 5.29. The number of nitrogens with one attached hydrogen (secondary N) is 1. The molecule has 1 atom stereocenters. The van der Waals surface area contributed by atoms with Gasteiger partial charge in [0.05, 0.1) is 5.02 Å². The Hall–Kier alpha value is -0.800. The zero-order valence-corrected chi connectivity index (χ0v) is 13.0. The lowest BCUT2D eigenvalue weighted by molar-refractivity contribution is 0.584. The highest BCUT2D eigenvalue weighted by atomic mass is 35.5. The lowest BCUT2D eigenvalue weighted by Gasteiger charge is -2.19. The van der Waals surface area contributed by atoms with E-state index in [2.05, 4.69) is 5.32 Å². The molecule has 1 nitrogen and oxygen atoms in total. The first-order chi connectivity index (χ1) is 9.52. The topological polar surface area (TPSA) is 12.0 Å². The molecule has 0 aliphatic carbocycles. The van der Waals surface area contributed by atoms with Gasteiger partial charge >= 0.3 is 0 Å². The summed E-state index contributed by atoms with van der Waals surface area (Å²) >= 11 is 18.2. The zero-order chi connectivity index (χ0) is 14.7. The van der Waals surface area contributed by atoms with Gasteiger partial charge in [-0.3, -0.25) is 0 Å². The molecule has 0 heterocycles. The average molecular weight is 333 g/mol. The van der Waals surface area contributed by atoms with E-state index in [1.807, 2.05) is 7.05 Å². The summed E-state index contributed by atoms with van der Waals surface area (Å²) in [5.41, 5.74) is 1.59. The van der Waals surface area contributed by atoms with Crippen molar-refractivity contribution in [2.24, 2.45) is 0 Å². The molecule has 0 bridgehead atoms. The summed E-state index contributed by atoms with van der Waals surface area (Å²) in [5.74, 6) is -0.420. The summed E-state index contributed by atoms with van der Waals surface area (Å²) in [7, 11) is 1.81. The Morgan fingerprint density at radius 1 is 1.15 bits per heavy atom. The third-order valence-electron chi connectivity index (χ3n) is 3.14. The van der Waals surface area contributed by atoms with Gasteiger partial charge in [0.2, 0.25) is 0 Å². The maximum Gasteiger partial charge on any atom is 0.142 e. The Morgan fingerprint density at radius 2 is 1.90 bits per heavy atom. The third kappa shape index (κ3) is 3.44. The van der Waals surface area contributed by atoms with Gasteiger partial charge in [-0.2, -0.15) is 0 Å². The van der Waals surface area contributed by atoms with Crippen molar-refractivity contribution in [2.75, 3.05) is 7.05 Å². The van der Waals surface area contributed by atoms with E-state index in [0.717, 1.165) is 11.1 Å². The van der Waals surface area contributed by atoms with Crippen LogP contribution in [-0.2, 0) is 6.42 Å². The molecule has 2 rings (SSSR count). The van der Waals surface area contributed by atoms with E-state index in [4.69, 9.17) is 34.8 Å². The van der Waals surface area contributed by atoms with Crippen molar-refractivity contribution in [3.05, 3.63) is 68.4 Å². The molecule has 0 radical (unpaired) electrons. The first-order valence-corrected chi connectivity index (χ1v) is 7.21. The Kier molecular flexibility index (Phi) is 5.28. The summed E-state index contributed by atoms with van der Waals surface area (Å²) in [6.07, 6.45) is 0.521. The van der Waals surface area contributed by atoms with Crippen LogP contribution < -0.4 is 5.32 Å². The highest BCUT2D eigenvalue weighted by Crippen LogP contribution is 2.30. The van der Waals surface area contributed by atoms with Crippen LogP contribution in [0.1, 0.15) is 17.2 Å². The van der Waals surface area contributed by atoms with Crippen LogP contribution >= 0.6 is 34.8 Å². The maximum atomic E-state index is 13.5. The number of likely N-dealkylation sites (N-methyl/N-ethyl adjacent to an activating group) is 1. The predicted molar refractivity (Wildman–Crippen MR) is 83.4 cm³/mol. The minimum absolute atomic E-state index is 0.0968. The molecule has 1 unspecified atom stereocenters. The van der Waals surface area contributed by atoms with Gasteiger partial charge < -0.3 is 5.32 Å². The molecule has 0 fully saturated rings. The summed E-state index contributed by atoms with van der Waals surface area (Å²) < 4.78 is 13.5. The standard InChI is InChI=1S/C15H13Cl3FN/c1-20-14(11-8-10(16)5-6-12(11)17)7-9-3-2-4-13(19)15(9)18/h2-6,8,14,20H,7H2,1H3. The number of halogens is 4. The minimum atomic E-state index is -0.420. The molecule has 0 saturated carbocycles. The fourth-order valence-corrected chi connectivity index (χ4v) is 2.71. The molecule has 20 heavy (non-hydrogen) atoms. The van der Waals surface area contributed by atoms with Crippen LogP contribution in [-0.4, -0.2) is 7.05 Å². The monoisotopic (exact) mass is 331 g/mol. The minimum Gasteiger partial charge on any atom is -0.313 e. The Labute approximate surface area is 132 Å². The Bertz CT molecular complexity index is 616. The highest BCUT2D eigenvalue weighted by molar-refractivity contribution is 6.33. The van der Waals surface area contributed by atoms with Crippen molar-refractivity contribution in [1.29, 1.82) is 0 Å². The van der Waals surface area contributed by atoms with Crippen LogP contribution in [0.2, 0.25) is 15.1 Å². The number of rotatable bonds is 4. The van der Waals surface area contributed by atoms with Crippen LogP contribution in [0.4, 0.5) is 4.39 Å². The second-order valence-electron chi connectivity index (χ2n) is 4.42. The van der Waals surface area contributed by atoms with E-state index in [9.17, 15) is 4.39 Å². The van der Waals surface area contributed by atoms with Crippen LogP contribution in [0.3, 0.4) is 0 Å². The quantitative estimate of drug-likeness (QED) is 0.802. The molecule has 2 aromatic rings. The van der Waals surface area contributed by atoms with Crippen molar-refractivity contribution >= 4 is 34.8 Å². The summed E-state index contributed by atoms with van der Waals surface area (Å²) in [5, 5.41) is 4.52. The Balaban J connectivity index is 2.34. The molecule has 0 aliphatic rings. The molecule has 106 valence electrons. The van der Waals surface area contributed by atoms with Crippen molar-refractivity contribution < 1.29 is 4.39 Å². The fourth-order valence-electron chi connectivity index (χ4n) is 2.08. The molecule has 5 heteroatoms. The van der Waals surface area contributed by atoms with Gasteiger partial charge in [0.25, 0.3) is 0 Å². The van der Waals surface area contributed by atoms with E-state index in [1.54, 1.807) is 30.3 Å². The van der Waals surface area contributed by atoms with Crippen molar-refractivity contribution in [1.82, 2.24) is 5.32 Å². The summed E-state index contributed by atoms with van der Waals surface area (Å²) in [6, 6.07) is 9.97.